The number of H-pyrrole nitrogens is 2. The minimum Gasteiger partial charge on any atom is -0.493 e. The summed E-state index contributed by atoms with van der Waals surface area (Å²) < 4.78 is 86.3. The lowest BCUT2D eigenvalue weighted by molar-refractivity contribution is -0.138. The summed E-state index contributed by atoms with van der Waals surface area (Å²) in [6, 6.07) is 22.1. The first-order valence-corrected chi connectivity index (χ1v) is 22.3. The van der Waals surface area contributed by atoms with Crippen LogP contribution in [0.4, 0.5) is 26.3 Å². The van der Waals surface area contributed by atoms with Crippen molar-refractivity contribution in [2.24, 2.45) is 11.8 Å². The number of ketones is 2. The molecular weight excluding hydrogens is 967 g/mol. The zero-order valence-electron chi connectivity index (χ0n) is 35.8. The van der Waals surface area contributed by atoms with Gasteiger partial charge in [0.2, 0.25) is 0 Å². The minimum atomic E-state index is -4.36. The Morgan fingerprint density at radius 1 is 0.710 bits per heavy atom. The van der Waals surface area contributed by atoms with Crippen molar-refractivity contribution >= 4 is 68.2 Å². The highest BCUT2D eigenvalue weighted by atomic mass is 35.5. The summed E-state index contributed by atoms with van der Waals surface area (Å²) in [6.07, 6.45) is -1.14. The maximum Gasteiger partial charge on any atom is 0.416 e. The number of fused-ring (bicyclic) bond motifs is 2. The molecule has 0 saturated carbocycles. The zero-order chi connectivity index (χ0) is 47.9. The van der Waals surface area contributed by atoms with Crippen molar-refractivity contribution in [1.29, 1.82) is 5.26 Å². The molecule has 2 aliphatic rings. The lowest BCUT2D eigenvalue weighted by atomic mass is 9.98. The number of nitrogens with one attached hydrogen (secondary N) is 3. The molecule has 8 rings (SSSR count). The molecule has 2 aromatic heterocycles. The first-order valence-electron chi connectivity index (χ1n) is 21.0. The van der Waals surface area contributed by atoms with Crippen LogP contribution in [0.1, 0.15) is 86.7 Å². The van der Waals surface area contributed by atoms with E-state index in [4.69, 9.17) is 49.5 Å². The number of rotatable bonds is 11. The molecule has 0 amide bonds. The van der Waals surface area contributed by atoms with Crippen LogP contribution in [0, 0.1) is 23.2 Å². The Hall–Kier alpha value is -5.24. The van der Waals surface area contributed by atoms with Crippen LogP contribution in [0.25, 0.3) is 21.8 Å². The van der Waals surface area contributed by atoms with E-state index in [1.165, 1.54) is 31.2 Å². The molecule has 2 saturated heterocycles. The van der Waals surface area contributed by atoms with E-state index in [9.17, 15) is 35.9 Å². The third-order valence-corrected chi connectivity index (χ3v) is 11.4. The fourth-order valence-electron chi connectivity index (χ4n) is 7.41. The second kappa shape index (κ2) is 28.4. The fraction of sp³-hybridized carbons (Fsp3) is 0.392. The number of nitrogens with zero attached hydrogens (tertiary/aromatic N) is 2. The van der Waals surface area contributed by atoms with Crippen LogP contribution >= 0.6 is 34.8 Å². The number of piperidine rings is 2. The molecule has 2 aliphatic heterocycles. The number of alkyl halides is 7. The molecule has 0 aliphatic carbocycles. The number of nitriles is 1. The number of carbonyl (C=O) groups excluding carboxylic acids is 2. The first-order chi connectivity index (χ1) is 31.5. The predicted molar refractivity (Wildman–Crippen MR) is 266 cm³/mol. The second-order valence-electron chi connectivity index (χ2n) is 15.6. The Bertz CT molecular complexity index is 2540. The number of ether oxygens (including phenoxy) is 2. The molecule has 6 aromatic rings. The van der Waals surface area contributed by atoms with E-state index in [1.807, 2.05) is 12.1 Å². The van der Waals surface area contributed by atoms with Gasteiger partial charge in [0, 0.05) is 87.2 Å². The maximum atomic E-state index is 12.9. The van der Waals surface area contributed by atoms with Crippen LogP contribution in [0.5, 0.6) is 11.5 Å². The molecule has 2 atom stereocenters. The number of hydrogen-bond donors (Lipinski definition) is 3. The third-order valence-electron chi connectivity index (χ3n) is 10.7. The smallest absolute Gasteiger partial charge is 0.416 e. The Kier molecular flexibility index (Phi) is 24.7. The summed E-state index contributed by atoms with van der Waals surface area (Å²) in [6.45, 7) is 6.17. The highest BCUT2D eigenvalue weighted by molar-refractivity contribution is 6.33. The molecule has 3 N–H and O–H groups in total. The average molecular weight is 1030 g/mol. The molecular formula is C51H60Cl3F6N5O4. The molecule has 4 aromatic carbocycles. The first kappa shape index (κ1) is 59.9. The largest absolute Gasteiger partial charge is 0.493 e. The van der Waals surface area contributed by atoms with Gasteiger partial charge in [-0.25, -0.2) is 0 Å². The lowest BCUT2D eigenvalue weighted by Gasteiger charge is -2.32. The van der Waals surface area contributed by atoms with Gasteiger partial charge in [-0.05, 0) is 124 Å². The number of benzene rings is 4. The van der Waals surface area contributed by atoms with Crippen molar-refractivity contribution < 1.29 is 45.4 Å². The van der Waals surface area contributed by atoms with Crippen molar-refractivity contribution in [3.8, 4) is 17.6 Å². The van der Waals surface area contributed by atoms with Gasteiger partial charge < -0.3 is 24.8 Å². The number of aromatic nitrogens is 2. The Morgan fingerprint density at radius 2 is 1.16 bits per heavy atom. The molecule has 69 heavy (non-hydrogen) atoms. The van der Waals surface area contributed by atoms with E-state index < -0.39 is 23.5 Å². The molecule has 2 unspecified atom stereocenters. The molecule has 376 valence electrons. The van der Waals surface area contributed by atoms with Crippen LogP contribution in [-0.2, 0) is 12.4 Å². The summed E-state index contributed by atoms with van der Waals surface area (Å²) in [5.74, 6) is 1.48. The van der Waals surface area contributed by atoms with Gasteiger partial charge in [-0.15, -0.1) is 11.6 Å². The molecule has 4 heterocycles. The second-order valence-corrected chi connectivity index (χ2v) is 16.8. The van der Waals surface area contributed by atoms with Crippen LogP contribution in [0.3, 0.4) is 0 Å². The Morgan fingerprint density at radius 3 is 1.59 bits per heavy atom. The minimum absolute atomic E-state index is 0. The van der Waals surface area contributed by atoms with Gasteiger partial charge in [-0.1, -0.05) is 45.5 Å². The number of carbonyl (C=O) groups is 2. The Balaban J connectivity index is 0.000000366. The van der Waals surface area contributed by atoms with E-state index in [-0.39, 0.29) is 45.6 Å². The van der Waals surface area contributed by atoms with E-state index in [1.54, 1.807) is 42.7 Å². The third kappa shape index (κ3) is 18.2. The van der Waals surface area contributed by atoms with E-state index in [0.717, 1.165) is 91.4 Å². The molecule has 9 nitrogen and oxygen atoms in total. The average Bonchev–Trinajstić information content (AvgIpc) is 3.92. The number of Topliss-reactive ketones (excluding diaryl/α,β-unsaturated/α-hetero) is 2. The lowest BCUT2D eigenvalue weighted by Crippen LogP contribution is -2.40. The molecule has 18 heteroatoms. The van der Waals surface area contributed by atoms with Gasteiger partial charge in [0.15, 0.2) is 11.6 Å². The van der Waals surface area contributed by atoms with Gasteiger partial charge in [0.1, 0.15) is 11.5 Å². The van der Waals surface area contributed by atoms with Crippen LogP contribution in [-0.4, -0.2) is 78.3 Å². The monoisotopic (exact) mass is 1030 g/mol. The van der Waals surface area contributed by atoms with Crippen molar-refractivity contribution in [1.82, 2.24) is 20.2 Å². The number of likely N-dealkylation sites (tertiary alicyclic amines) is 1. The topological polar surface area (TPSA) is 123 Å². The number of halogens is 9. The molecule has 2 fully saturated rings. The van der Waals surface area contributed by atoms with Crippen LogP contribution in [0.2, 0.25) is 10.0 Å². The van der Waals surface area contributed by atoms with Gasteiger partial charge in [0.25, 0.3) is 0 Å². The summed E-state index contributed by atoms with van der Waals surface area (Å²) in [5.41, 5.74) is 1.64. The molecule has 0 spiro atoms. The SMILES string of the molecule is C.C.C.CC#N.FC(F)(F)c1ccc(OCC2CCCNC2)cc1.O=C(CCl)c1c[nH]c2ccc(Cl)cc12.O=C(CN1CCCC(COc2ccc(C(F)(F)F)cc2)C1)c1c[nH]c2ccc(Cl)cc12. The van der Waals surface area contributed by atoms with Crippen molar-refractivity contribution in [2.75, 3.05) is 51.8 Å². The highest BCUT2D eigenvalue weighted by Crippen LogP contribution is 2.32. The standard InChI is InChI=1S/C23H22ClF3N2O2.C13H16F3NO.C10H7Cl2NO.C2H3N.3CH4/c24-17-5-8-21-19(10-17)20(11-28-21)22(30)13-29-9-1-2-15(12-29)14-31-18-6-3-16(4-7-18)23(25,26)27;14-13(15,16)11-3-5-12(6-4-11)18-9-10-2-1-7-17-8-10;11-4-10(14)8-5-13-9-2-1-6(12)3-7(8)9;1-2-3;;;/h3-8,10-11,15,28H,1-2,9,12-14H2;3-6,10,17H,1-2,7-9H2;1-3,5,13H,4H2;1H3;3*1H4. The normalized spacial score (nSPS) is 15.7. The fourth-order valence-corrected chi connectivity index (χ4v) is 7.90. The zero-order valence-corrected chi connectivity index (χ0v) is 38.1. The summed E-state index contributed by atoms with van der Waals surface area (Å²) in [4.78, 5) is 32.5. The highest BCUT2D eigenvalue weighted by Gasteiger charge is 2.31. The predicted octanol–water partition coefficient (Wildman–Crippen LogP) is 14.6. The van der Waals surface area contributed by atoms with Gasteiger partial charge in [-0.2, -0.15) is 31.6 Å². The maximum absolute atomic E-state index is 12.9. The van der Waals surface area contributed by atoms with E-state index >= 15 is 0 Å². The Labute approximate surface area is 415 Å². The summed E-state index contributed by atoms with van der Waals surface area (Å²) in [5, 5.41) is 13.4. The molecule has 0 radical (unpaired) electrons. The summed E-state index contributed by atoms with van der Waals surface area (Å²) >= 11 is 17.4. The number of hydrogen-bond acceptors (Lipinski definition) is 7. The van der Waals surface area contributed by atoms with Crippen molar-refractivity contribution in [2.45, 2.75) is 67.2 Å². The molecule has 0 bridgehead atoms. The quantitative estimate of drug-likeness (QED) is 0.0671. The van der Waals surface area contributed by atoms with E-state index in [0.29, 0.717) is 64.9 Å². The van der Waals surface area contributed by atoms with Crippen molar-refractivity contribution in [3.63, 3.8) is 0 Å². The van der Waals surface area contributed by atoms with Crippen LogP contribution < -0.4 is 14.8 Å². The number of aromatic amines is 2. The van der Waals surface area contributed by atoms with Crippen LogP contribution in [0.15, 0.2) is 97.3 Å². The van der Waals surface area contributed by atoms with Gasteiger partial charge >= 0.3 is 12.4 Å². The van der Waals surface area contributed by atoms with Gasteiger partial charge in [0.05, 0.1) is 42.8 Å². The van der Waals surface area contributed by atoms with Gasteiger partial charge in [-0.3, -0.25) is 14.5 Å². The van der Waals surface area contributed by atoms with Crippen molar-refractivity contribution in [3.05, 3.63) is 130 Å². The summed E-state index contributed by atoms with van der Waals surface area (Å²) in [7, 11) is 0. The van der Waals surface area contributed by atoms with E-state index in [2.05, 4.69) is 20.2 Å².